The number of halogens is 1. The Labute approximate surface area is 112 Å². The SMILES string of the molecule is O=C([O-])Cc1cc2ncnc(Cl)c2cc1CC(=O)[O-]. The Morgan fingerprint density at radius 2 is 1.63 bits per heavy atom. The standard InChI is InChI=1S/C12H9ClN2O4/c13-12-8-1-6(3-10(16)17)7(4-11(18)19)2-9(8)14-5-15-12/h1-2,5H,3-4H2,(H,16,17)(H,18,19)/p-2. The van der Waals surface area contributed by atoms with Crippen LogP contribution in [0.1, 0.15) is 11.1 Å². The summed E-state index contributed by atoms with van der Waals surface area (Å²) in [5.41, 5.74) is 1.05. The topological polar surface area (TPSA) is 106 Å². The minimum absolute atomic E-state index is 0.171. The molecule has 19 heavy (non-hydrogen) atoms. The third kappa shape index (κ3) is 2.97. The highest BCUT2D eigenvalue weighted by Gasteiger charge is 2.09. The van der Waals surface area contributed by atoms with Gasteiger partial charge >= 0.3 is 0 Å². The van der Waals surface area contributed by atoms with Gasteiger partial charge in [0, 0.05) is 30.2 Å². The molecule has 0 amide bonds. The fourth-order valence-electron chi connectivity index (χ4n) is 1.80. The average Bonchev–Trinajstić information content (AvgIpc) is 2.29. The molecule has 2 rings (SSSR count). The maximum Gasteiger partial charge on any atom is 0.140 e. The maximum absolute atomic E-state index is 10.7. The minimum Gasteiger partial charge on any atom is -0.550 e. The fraction of sp³-hybridized carbons (Fsp3) is 0.167. The van der Waals surface area contributed by atoms with Crippen LogP contribution < -0.4 is 10.2 Å². The van der Waals surface area contributed by atoms with Gasteiger partial charge in [0.05, 0.1) is 5.52 Å². The molecule has 0 saturated heterocycles. The zero-order valence-electron chi connectivity index (χ0n) is 9.55. The van der Waals surface area contributed by atoms with Gasteiger partial charge in [0.1, 0.15) is 11.5 Å². The number of carbonyl (C=O) groups excluding carboxylic acids is 2. The Bertz CT molecular complexity index is 672. The van der Waals surface area contributed by atoms with Gasteiger partial charge in [-0.05, 0) is 23.3 Å². The number of hydrogen-bond donors (Lipinski definition) is 0. The first-order valence-electron chi connectivity index (χ1n) is 5.29. The Morgan fingerprint density at radius 1 is 1.05 bits per heavy atom. The predicted molar refractivity (Wildman–Crippen MR) is 62.0 cm³/mol. The van der Waals surface area contributed by atoms with Gasteiger partial charge in [-0.1, -0.05) is 11.6 Å². The molecule has 0 N–H and O–H groups in total. The molecule has 0 aliphatic rings. The van der Waals surface area contributed by atoms with Crippen molar-refractivity contribution in [2.24, 2.45) is 0 Å². The van der Waals surface area contributed by atoms with Gasteiger partial charge in [0.2, 0.25) is 0 Å². The van der Waals surface area contributed by atoms with Gasteiger partial charge in [-0.2, -0.15) is 0 Å². The van der Waals surface area contributed by atoms with E-state index in [4.69, 9.17) is 11.6 Å². The molecule has 2 aromatic rings. The average molecular weight is 279 g/mol. The molecular formula is C12H7ClN2O4-2. The summed E-state index contributed by atoms with van der Waals surface area (Å²) >= 11 is 5.88. The van der Waals surface area contributed by atoms with Gasteiger partial charge in [-0.3, -0.25) is 0 Å². The second kappa shape index (κ2) is 5.19. The minimum atomic E-state index is -1.31. The molecule has 0 atom stereocenters. The van der Waals surface area contributed by atoms with Gasteiger partial charge in [0.25, 0.3) is 0 Å². The Balaban J connectivity index is 2.62. The van der Waals surface area contributed by atoms with Gasteiger partial charge < -0.3 is 19.8 Å². The molecule has 7 heteroatoms. The molecule has 0 radical (unpaired) electrons. The van der Waals surface area contributed by atoms with Gasteiger partial charge in [-0.15, -0.1) is 0 Å². The van der Waals surface area contributed by atoms with Crippen LogP contribution in [0.5, 0.6) is 0 Å². The zero-order valence-corrected chi connectivity index (χ0v) is 10.3. The van der Waals surface area contributed by atoms with Crippen LogP contribution in [0.3, 0.4) is 0 Å². The molecule has 0 spiro atoms. The molecule has 0 aliphatic heterocycles. The van der Waals surface area contributed by atoms with Crippen LogP contribution in [-0.2, 0) is 22.4 Å². The van der Waals surface area contributed by atoms with Crippen molar-refractivity contribution < 1.29 is 19.8 Å². The summed E-state index contributed by atoms with van der Waals surface area (Å²) in [6, 6.07) is 2.93. The molecule has 1 heterocycles. The summed E-state index contributed by atoms with van der Waals surface area (Å²) in [6.45, 7) is 0. The van der Waals surface area contributed by atoms with Crippen LogP contribution in [0.15, 0.2) is 18.5 Å². The molecule has 0 fully saturated rings. The third-order valence-corrected chi connectivity index (χ3v) is 2.88. The lowest BCUT2D eigenvalue weighted by molar-refractivity contribution is -0.306. The first-order valence-corrected chi connectivity index (χ1v) is 5.67. The van der Waals surface area contributed by atoms with Crippen LogP contribution in [0.4, 0.5) is 0 Å². The highest BCUT2D eigenvalue weighted by molar-refractivity contribution is 6.34. The van der Waals surface area contributed by atoms with E-state index in [1.54, 1.807) is 0 Å². The molecule has 98 valence electrons. The number of aromatic nitrogens is 2. The molecule has 0 bridgehead atoms. The lowest BCUT2D eigenvalue weighted by Gasteiger charge is -2.12. The Morgan fingerprint density at radius 3 is 2.21 bits per heavy atom. The lowest BCUT2D eigenvalue weighted by atomic mass is 9.99. The van der Waals surface area contributed by atoms with Gasteiger partial charge in [0.15, 0.2) is 0 Å². The quantitative estimate of drug-likeness (QED) is 0.655. The molecule has 0 saturated carbocycles. The Kier molecular flexibility index (Phi) is 3.62. The van der Waals surface area contributed by atoms with E-state index in [-0.39, 0.29) is 5.15 Å². The summed E-state index contributed by atoms with van der Waals surface area (Å²) in [5, 5.41) is 22.0. The zero-order chi connectivity index (χ0) is 14.0. The van der Waals surface area contributed by atoms with Crippen LogP contribution in [0.2, 0.25) is 5.15 Å². The monoisotopic (exact) mass is 278 g/mol. The lowest BCUT2D eigenvalue weighted by Crippen LogP contribution is -2.27. The van der Waals surface area contributed by atoms with Crippen molar-refractivity contribution in [3.63, 3.8) is 0 Å². The van der Waals surface area contributed by atoms with Crippen molar-refractivity contribution in [1.82, 2.24) is 9.97 Å². The molecular weight excluding hydrogens is 272 g/mol. The number of hydrogen-bond acceptors (Lipinski definition) is 6. The smallest absolute Gasteiger partial charge is 0.140 e. The van der Waals surface area contributed by atoms with E-state index < -0.39 is 24.8 Å². The highest BCUT2D eigenvalue weighted by Crippen LogP contribution is 2.24. The van der Waals surface area contributed by atoms with Crippen LogP contribution in [-0.4, -0.2) is 21.9 Å². The molecule has 1 aromatic carbocycles. The van der Waals surface area contributed by atoms with Crippen LogP contribution in [0.25, 0.3) is 10.9 Å². The highest BCUT2D eigenvalue weighted by atomic mass is 35.5. The van der Waals surface area contributed by atoms with Crippen molar-refractivity contribution in [2.75, 3.05) is 0 Å². The van der Waals surface area contributed by atoms with Crippen molar-refractivity contribution >= 4 is 34.4 Å². The maximum atomic E-state index is 10.7. The first-order chi connectivity index (χ1) is 8.97. The number of carboxylic acids is 2. The van der Waals surface area contributed by atoms with E-state index in [2.05, 4.69) is 9.97 Å². The second-order valence-electron chi connectivity index (χ2n) is 3.90. The van der Waals surface area contributed by atoms with Crippen LogP contribution in [0, 0.1) is 0 Å². The summed E-state index contributed by atoms with van der Waals surface area (Å²) < 4.78 is 0. The van der Waals surface area contributed by atoms with E-state index in [0.29, 0.717) is 22.0 Å². The number of fused-ring (bicyclic) bond motifs is 1. The fourth-order valence-corrected chi connectivity index (χ4v) is 1.99. The largest absolute Gasteiger partial charge is 0.550 e. The normalized spacial score (nSPS) is 10.6. The summed E-state index contributed by atoms with van der Waals surface area (Å²) in [4.78, 5) is 29.1. The second-order valence-corrected chi connectivity index (χ2v) is 4.26. The third-order valence-electron chi connectivity index (χ3n) is 2.58. The van der Waals surface area contributed by atoms with E-state index in [1.807, 2.05) is 0 Å². The summed E-state index contributed by atoms with van der Waals surface area (Å²) in [6.07, 6.45) is 0.426. The number of rotatable bonds is 4. The van der Waals surface area contributed by atoms with E-state index in [1.165, 1.54) is 18.5 Å². The number of aliphatic carboxylic acids is 2. The van der Waals surface area contributed by atoms with E-state index in [9.17, 15) is 19.8 Å². The molecule has 0 aliphatic carbocycles. The first kappa shape index (κ1) is 13.2. The number of carboxylic acid groups (broad SMARTS) is 2. The van der Waals surface area contributed by atoms with E-state index >= 15 is 0 Å². The van der Waals surface area contributed by atoms with Crippen molar-refractivity contribution in [2.45, 2.75) is 12.8 Å². The molecule has 1 aromatic heterocycles. The summed E-state index contributed by atoms with van der Waals surface area (Å²) in [5.74, 6) is -2.62. The van der Waals surface area contributed by atoms with Crippen molar-refractivity contribution in [3.05, 3.63) is 34.7 Å². The van der Waals surface area contributed by atoms with Gasteiger partial charge in [-0.25, -0.2) is 9.97 Å². The Hall–Kier alpha value is -2.21. The predicted octanol–water partition coefficient (Wildman–Crippen LogP) is -1.13. The number of carbonyl (C=O) groups is 2. The van der Waals surface area contributed by atoms with Crippen molar-refractivity contribution in [1.29, 1.82) is 0 Å². The van der Waals surface area contributed by atoms with E-state index in [0.717, 1.165) is 0 Å². The molecule has 0 unspecified atom stereocenters. The van der Waals surface area contributed by atoms with Crippen LogP contribution >= 0.6 is 11.6 Å². The van der Waals surface area contributed by atoms with Crippen molar-refractivity contribution in [3.8, 4) is 0 Å². The summed E-state index contributed by atoms with van der Waals surface area (Å²) in [7, 11) is 0. The molecule has 6 nitrogen and oxygen atoms in total. The number of nitrogens with zero attached hydrogens (tertiary/aromatic N) is 2. The number of benzene rings is 1.